The van der Waals surface area contributed by atoms with Crippen molar-refractivity contribution in [2.45, 2.75) is 0 Å². The second-order valence-electron chi connectivity index (χ2n) is 2.95. The molecule has 0 unspecified atom stereocenters. The summed E-state index contributed by atoms with van der Waals surface area (Å²) >= 11 is 10.6. The normalized spacial score (nSPS) is 10.1. The smallest absolute Gasteiger partial charge is 0.275 e. The molecule has 2 aromatic rings. The van der Waals surface area contributed by atoms with E-state index in [2.05, 4.69) is 26.2 Å². The third-order valence-corrected chi connectivity index (χ3v) is 3.24. The van der Waals surface area contributed by atoms with Gasteiger partial charge in [-0.15, -0.1) is 11.3 Å². The standard InChI is InChI=1S/C10H6BrClN2OS/c11-6-1-2-8(7(12)3-6)14-10(15)9-4-16-5-13-9/h1-5H,(H,14,15). The van der Waals surface area contributed by atoms with Crippen molar-refractivity contribution in [2.24, 2.45) is 0 Å². The quantitative estimate of drug-likeness (QED) is 0.915. The van der Waals surface area contributed by atoms with Crippen LogP contribution in [0.25, 0.3) is 0 Å². The number of nitrogens with zero attached hydrogens (tertiary/aromatic N) is 1. The van der Waals surface area contributed by atoms with Gasteiger partial charge in [-0.3, -0.25) is 4.79 Å². The van der Waals surface area contributed by atoms with Gasteiger partial charge in [0.2, 0.25) is 0 Å². The molecule has 0 fully saturated rings. The van der Waals surface area contributed by atoms with Gasteiger partial charge >= 0.3 is 0 Å². The Kier molecular flexibility index (Phi) is 3.58. The van der Waals surface area contributed by atoms with Gasteiger partial charge in [-0.1, -0.05) is 27.5 Å². The Bertz CT molecular complexity index is 516. The Labute approximate surface area is 110 Å². The van der Waals surface area contributed by atoms with Crippen molar-refractivity contribution in [3.63, 3.8) is 0 Å². The molecule has 0 atom stereocenters. The molecule has 1 heterocycles. The Morgan fingerprint density at radius 2 is 2.31 bits per heavy atom. The first-order chi connectivity index (χ1) is 7.66. The van der Waals surface area contributed by atoms with Gasteiger partial charge in [0.05, 0.1) is 16.2 Å². The number of carbonyl (C=O) groups excluding carboxylic acids is 1. The largest absolute Gasteiger partial charge is 0.319 e. The fourth-order valence-corrected chi connectivity index (χ4v) is 2.35. The highest BCUT2D eigenvalue weighted by Crippen LogP contribution is 2.25. The molecule has 3 nitrogen and oxygen atoms in total. The van der Waals surface area contributed by atoms with Gasteiger partial charge in [0.25, 0.3) is 5.91 Å². The minimum Gasteiger partial charge on any atom is -0.319 e. The van der Waals surface area contributed by atoms with E-state index in [-0.39, 0.29) is 5.91 Å². The maximum atomic E-state index is 11.7. The average molecular weight is 318 g/mol. The van der Waals surface area contributed by atoms with Crippen molar-refractivity contribution in [1.29, 1.82) is 0 Å². The molecular formula is C10H6BrClN2OS. The predicted octanol–water partition coefficient (Wildman–Crippen LogP) is 3.81. The van der Waals surface area contributed by atoms with E-state index in [1.807, 2.05) is 6.07 Å². The van der Waals surface area contributed by atoms with Crippen molar-refractivity contribution in [3.8, 4) is 0 Å². The number of benzene rings is 1. The highest BCUT2D eigenvalue weighted by atomic mass is 79.9. The molecule has 1 amide bonds. The summed E-state index contributed by atoms with van der Waals surface area (Å²) in [6, 6.07) is 5.26. The third kappa shape index (κ3) is 2.61. The lowest BCUT2D eigenvalue weighted by atomic mass is 10.3. The zero-order valence-electron chi connectivity index (χ0n) is 7.91. The molecule has 0 spiro atoms. The lowest BCUT2D eigenvalue weighted by Crippen LogP contribution is -2.12. The number of carbonyl (C=O) groups is 1. The minimum absolute atomic E-state index is 0.259. The van der Waals surface area contributed by atoms with E-state index in [1.165, 1.54) is 11.3 Å². The molecule has 0 aliphatic heterocycles. The summed E-state index contributed by atoms with van der Waals surface area (Å²) in [5, 5.41) is 4.86. The maximum absolute atomic E-state index is 11.7. The molecule has 0 bridgehead atoms. The Hall–Kier alpha value is -0.910. The summed E-state index contributed by atoms with van der Waals surface area (Å²) in [5.74, 6) is -0.259. The Morgan fingerprint density at radius 1 is 1.50 bits per heavy atom. The van der Waals surface area contributed by atoms with Crippen LogP contribution < -0.4 is 5.32 Å². The van der Waals surface area contributed by atoms with E-state index >= 15 is 0 Å². The van der Waals surface area contributed by atoms with E-state index < -0.39 is 0 Å². The molecule has 0 aliphatic carbocycles. The Morgan fingerprint density at radius 3 is 2.94 bits per heavy atom. The van der Waals surface area contributed by atoms with E-state index in [1.54, 1.807) is 23.0 Å². The van der Waals surface area contributed by atoms with E-state index in [0.29, 0.717) is 16.4 Å². The molecule has 0 aliphatic rings. The van der Waals surface area contributed by atoms with Crippen LogP contribution >= 0.6 is 38.9 Å². The van der Waals surface area contributed by atoms with Gasteiger partial charge in [0.1, 0.15) is 5.69 Å². The summed E-state index contributed by atoms with van der Waals surface area (Å²) in [7, 11) is 0. The van der Waals surface area contributed by atoms with Gasteiger partial charge in [-0.2, -0.15) is 0 Å². The van der Waals surface area contributed by atoms with Crippen molar-refractivity contribution in [1.82, 2.24) is 4.98 Å². The number of thiazole rings is 1. The van der Waals surface area contributed by atoms with Crippen molar-refractivity contribution >= 4 is 50.5 Å². The number of aromatic nitrogens is 1. The lowest BCUT2D eigenvalue weighted by molar-refractivity contribution is 0.102. The number of amides is 1. The van der Waals surface area contributed by atoms with Crippen LogP contribution in [0.4, 0.5) is 5.69 Å². The van der Waals surface area contributed by atoms with Crippen LogP contribution in [0.2, 0.25) is 5.02 Å². The van der Waals surface area contributed by atoms with Crippen LogP contribution in [0.3, 0.4) is 0 Å². The SMILES string of the molecule is O=C(Nc1ccc(Br)cc1Cl)c1cscn1. The monoisotopic (exact) mass is 316 g/mol. The van der Waals surface area contributed by atoms with Crippen molar-refractivity contribution in [3.05, 3.63) is 44.3 Å². The molecule has 16 heavy (non-hydrogen) atoms. The Balaban J connectivity index is 2.18. The van der Waals surface area contributed by atoms with Gasteiger partial charge in [0, 0.05) is 9.85 Å². The number of hydrogen-bond donors (Lipinski definition) is 1. The second kappa shape index (κ2) is 4.95. The summed E-state index contributed by atoms with van der Waals surface area (Å²) in [5.41, 5.74) is 2.57. The zero-order valence-corrected chi connectivity index (χ0v) is 11.1. The van der Waals surface area contributed by atoms with Crippen molar-refractivity contribution < 1.29 is 4.79 Å². The van der Waals surface area contributed by atoms with Gasteiger partial charge in [-0.05, 0) is 18.2 Å². The van der Waals surface area contributed by atoms with E-state index in [4.69, 9.17) is 11.6 Å². The maximum Gasteiger partial charge on any atom is 0.275 e. The first kappa shape index (κ1) is 11.6. The summed E-state index contributed by atoms with van der Waals surface area (Å²) in [6.07, 6.45) is 0. The third-order valence-electron chi connectivity index (χ3n) is 1.84. The molecule has 1 aromatic carbocycles. The van der Waals surface area contributed by atoms with Crippen LogP contribution in [0.5, 0.6) is 0 Å². The molecule has 1 aromatic heterocycles. The van der Waals surface area contributed by atoms with Gasteiger partial charge in [0.15, 0.2) is 0 Å². The average Bonchev–Trinajstić information content (AvgIpc) is 2.75. The minimum atomic E-state index is -0.259. The molecule has 0 saturated carbocycles. The number of anilines is 1. The zero-order chi connectivity index (χ0) is 11.5. The number of nitrogens with one attached hydrogen (secondary N) is 1. The van der Waals surface area contributed by atoms with Crippen LogP contribution in [-0.2, 0) is 0 Å². The highest BCUT2D eigenvalue weighted by Gasteiger charge is 2.09. The lowest BCUT2D eigenvalue weighted by Gasteiger charge is -2.05. The molecule has 0 saturated heterocycles. The molecular weight excluding hydrogens is 312 g/mol. The van der Waals surface area contributed by atoms with Crippen LogP contribution in [-0.4, -0.2) is 10.9 Å². The molecule has 0 radical (unpaired) electrons. The number of rotatable bonds is 2. The first-order valence-electron chi connectivity index (χ1n) is 4.31. The van der Waals surface area contributed by atoms with Crippen LogP contribution in [0.15, 0.2) is 33.6 Å². The summed E-state index contributed by atoms with van der Waals surface area (Å²) < 4.78 is 0.865. The topological polar surface area (TPSA) is 42.0 Å². The molecule has 6 heteroatoms. The van der Waals surface area contributed by atoms with Crippen LogP contribution in [0.1, 0.15) is 10.5 Å². The van der Waals surface area contributed by atoms with Crippen LogP contribution in [0, 0.1) is 0 Å². The number of halogens is 2. The molecule has 82 valence electrons. The number of hydrogen-bond acceptors (Lipinski definition) is 3. The predicted molar refractivity (Wildman–Crippen MR) is 69.2 cm³/mol. The van der Waals surface area contributed by atoms with E-state index in [0.717, 1.165) is 4.47 Å². The summed E-state index contributed by atoms with van der Waals surface area (Å²) in [6.45, 7) is 0. The summed E-state index contributed by atoms with van der Waals surface area (Å²) in [4.78, 5) is 15.6. The fraction of sp³-hybridized carbons (Fsp3) is 0. The van der Waals surface area contributed by atoms with Crippen molar-refractivity contribution in [2.75, 3.05) is 5.32 Å². The first-order valence-corrected chi connectivity index (χ1v) is 6.43. The molecule has 1 N–H and O–H groups in total. The molecule has 2 rings (SSSR count). The van der Waals surface area contributed by atoms with Gasteiger partial charge in [-0.25, -0.2) is 4.98 Å². The second-order valence-corrected chi connectivity index (χ2v) is 4.99. The van der Waals surface area contributed by atoms with E-state index in [9.17, 15) is 4.79 Å². The van der Waals surface area contributed by atoms with Gasteiger partial charge < -0.3 is 5.32 Å². The fourth-order valence-electron chi connectivity index (χ4n) is 1.10. The highest BCUT2D eigenvalue weighted by molar-refractivity contribution is 9.10.